The Balaban J connectivity index is 2.41. The quantitative estimate of drug-likeness (QED) is 0.690. The number of nitrogens with zero attached hydrogens (tertiary/aromatic N) is 1. The summed E-state index contributed by atoms with van der Waals surface area (Å²) in [5.41, 5.74) is 6.72. The van der Waals surface area contributed by atoms with Crippen molar-refractivity contribution in [3.8, 4) is 0 Å². The highest BCUT2D eigenvalue weighted by molar-refractivity contribution is 7.90. The maximum atomic E-state index is 12.9. The molecule has 6 heteroatoms. The van der Waals surface area contributed by atoms with Crippen molar-refractivity contribution in [2.24, 2.45) is 0 Å². The van der Waals surface area contributed by atoms with Crippen LogP contribution in [0.5, 0.6) is 0 Å². The number of benzene rings is 1. The first-order chi connectivity index (χ1) is 8.90. The summed E-state index contributed by atoms with van der Waals surface area (Å²) in [6, 6.07) is 6.77. The zero-order valence-electron chi connectivity index (χ0n) is 10.3. The molecule has 2 N–H and O–H groups in total. The van der Waals surface area contributed by atoms with Crippen LogP contribution in [0.3, 0.4) is 0 Å². The lowest BCUT2D eigenvalue weighted by molar-refractivity contribution is 0.594. The van der Waals surface area contributed by atoms with Crippen LogP contribution in [-0.4, -0.2) is 13.4 Å². The van der Waals surface area contributed by atoms with Crippen LogP contribution < -0.4 is 5.73 Å². The number of anilines is 1. The first-order valence-corrected chi connectivity index (χ1v) is 7.23. The minimum absolute atomic E-state index is 0.0704. The zero-order valence-corrected chi connectivity index (χ0v) is 11.1. The summed E-state index contributed by atoms with van der Waals surface area (Å²) in [5.74, 6) is -0.819. The molecule has 0 aliphatic rings. The Morgan fingerprint density at radius 3 is 2.68 bits per heavy atom. The van der Waals surface area contributed by atoms with Crippen molar-refractivity contribution in [2.75, 3.05) is 5.73 Å². The van der Waals surface area contributed by atoms with Crippen LogP contribution in [0.15, 0.2) is 41.4 Å². The van der Waals surface area contributed by atoms with Crippen molar-refractivity contribution in [3.05, 3.63) is 53.6 Å². The highest BCUT2D eigenvalue weighted by Crippen LogP contribution is 2.23. The van der Waals surface area contributed by atoms with Gasteiger partial charge in [-0.3, -0.25) is 4.98 Å². The third-order valence-electron chi connectivity index (χ3n) is 2.75. The summed E-state index contributed by atoms with van der Waals surface area (Å²) in [6.07, 6.45) is 1.53. The van der Waals surface area contributed by atoms with Gasteiger partial charge in [0.15, 0.2) is 9.84 Å². The SMILES string of the molecule is Cc1cccnc1CS(=O)(=O)c1ccc(F)cc1N. The third kappa shape index (κ3) is 2.90. The van der Waals surface area contributed by atoms with Crippen molar-refractivity contribution < 1.29 is 12.8 Å². The van der Waals surface area contributed by atoms with Gasteiger partial charge in [-0.15, -0.1) is 0 Å². The molecule has 2 aromatic rings. The molecule has 0 atom stereocenters. The highest BCUT2D eigenvalue weighted by Gasteiger charge is 2.20. The number of hydrogen-bond acceptors (Lipinski definition) is 4. The van der Waals surface area contributed by atoms with E-state index in [1.54, 1.807) is 19.1 Å². The first kappa shape index (κ1) is 13.5. The second kappa shape index (κ2) is 4.97. The summed E-state index contributed by atoms with van der Waals surface area (Å²) in [4.78, 5) is 3.97. The molecule has 1 aromatic heterocycles. The lowest BCUT2D eigenvalue weighted by Gasteiger charge is -2.08. The fraction of sp³-hybridized carbons (Fsp3) is 0.154. The van der Waals surface area contributed by atoms with Crippen molar-refractivity contribution in [2.45, 2.75) is 17.6 Å². The summed E-state index contributed by atoms with van der Waals surface area (Å²) < 4.78 is 37.4. The molecule has 1 heterocycles. The van der Waals surface area contributed by atoms with Gasteiger partial charge in [0.1, 0.15) is 5.82 Å². The van der Waals surface area contributed by atoms with Gasteiger partial charge < -0.3 is 5.73 Å². The van der Waals surface area contributed by atoms with Gasteiger partial charge in [-0.2, -0.15) is 0 Å². The minimum Gasteiger partial charge on any atom is -0.398 e. The molecule has 2 rings (SSSR count). The van der Waals surface area contributed by atoms with Crippen LogP contribution in [0.1, 0.15) is 11.3 Å². The molecule has 4 nitrogen and oxygen atoms in total. The number of nitrogen functional groups attached to an aromatic ring is 1. The van der Waals surface area contributed by atoms with Crippen LogP contribution in [0.2, 0.25) is 0 Å². The molecule has 0 fully saturated rings. The number of pyridine rings is 1. The molecule has 0 amide bonds. The Kier molecular flexibility index (Phi) is 3.53. The Labute approximate surface area is 111 Å². The van der Waals surface area contributed by atoms with Crippen molar-refractivity contribution >= 4 is 15.5 Å². The number of aromatic nitrogens is 1. The van der Waals surface area contributed by atoms with E-state index < -0.39 is 15.7 Å². The third-order valence-corrected chi connectivity index (χ3v) is 4.45. The number of nitrogens with two attached hydrogens (primary N) is 1. The smallest absolute Gasteiger partial charge is 0.186 e. The normalized spacial score (nSPS) is 11.5. The topological polar surface area (TPSA) is 73.0 Å². The largest absolute Gasteiger partial charge is 0.398 e. The molecule has 19 heavy (non-hydrogen) atoms. The monoisotopic (exact) mass is 280 g/mol. The van der Waals surface area contributed by atoms with E-state index in [-0.39, 0.29) is 16.3 Å². The van der Waals surface area contributed by atoms with Gasteiger partial charge in [-0.05, 0) is 36.8 Å². The molecule has 0 radical (unpaired) electrons. The molecule has 0 aliphatic heterocycles. The zero-order chi connectivity index (χ0) is 14.0. The van der Waals surface area contributed by atoms with Crippen LogP contribution in [-0.2, 0) is 15.6 Å². The van der Waals surface area contributed by atoms with Crippen molar-refractivity contribution in [1.29, 1.82) is 0 Å². The van der Waals surface area contributed by atoms with Crippen LogP contribution in [0, 0.1) is 12.7 Å². The van der Waals surface area contributed by atoms with Gasteiger partial charge in [0.25, 0.3) is 0 Å². The van der Waals surface area contributed by atoms with Gasteiger partial charge in [0.05, 0.1) is 22.0 Å². The average Bonchev–Trinajstić information content (AvgIpc) is 2.31. The lowest BCUT2D eigenvalue weighted by atomic mass is 10.2. The molecule has 0 spiro atoms. The summed E-state index contributed by atoms with van der Waals surface area (Å²) in [5, 5.41) is 0. The number of hydrogen-bond donors (Lipinski definition) is 1. The lowest BCUT2D eigenvalue weighted by Crippen LogP contribution is -2.10. The fourth-order valence-electron chi connectivity index (χ4n) is 1.73. The number of aryl methyl sites for hydroxylation is 1. The second-order valence-electron chi connectivity index (χ2n) is 4.21. The minimum atomic E-state index is -3.64. The molecule has 0 saturated heterocycles. The van der Waals surface area contributed by atoms with Gasteiger partial charge in [0, 0.05) is 6.20 Å². The Bertz CT molecular complexity index is 714. The maximum Gasteiger partial charge on any atom is 0.186 e. The molecule has 0 aliphatic carbocycles. The molecule has 100 valence electrons. The van der Waals surface area contributed by atoms with Crippen molar-refractivity contribution in [3.63, 3.8) is 0 Å². The number of rotatable bonds is 3. The van der Waals surface area contributed by atoms with E-state index in [1.807, 2.05) is 0 Å². The van der Waals surface area contributed by atoms with E-state index in [2.05, 4.69) is 4.98 Å². The average molecular weight is 280 g/mol. The van der Waals surface area contributed by atoms with Gasteiger partial charge in [-0.25, -0.2) is 12.8 Å². The van der Waals surface area contributed by atoms with Crippen LogP contribution in [0.25, 0.3) is 0 Å². The maximum absolute atomic E-state index is 12.9. The molecular formula is C13H13FN2O2S. The van der Waals surface area contributed by atoms with Crippen LogP contribution >= 0.6 is 0 Å². The van der Waals surface area contributed by atoms with Crippen molar-refractivity contribution in [1.82, 2.24) is 4.98 Å². The van der Waals surface area contributed by atoms with Gasteiger partial charge in [0.2, 0.25) is 0 Å². The predicted octanol–water partition coefficient (Wildman–Crippen LogP) is 2.09. The van der Waals surface area contributed by atoms with E-state index in [0.29, 0.717) is 5.69 Å². The van der Waals surface area contributed by atoms with E-state index in [4.69, 9.17) is 5.73 Å². The Morgan fingerprint density at radius 1 is 1.32 bits per heavy atom. The number of sulfone groups is 1. The Hall–Kier alpha value is -1.95. The van der Waals surface area contributed by atoms with Gasteiger partial charge in [-0.1, -0.05) is 6.07 Å². The van der Waals surface area contributed by atoms with E-state index in [9.17, 15) is 12.8 Å². The van der Waals surface area contributed by atoms with E-state index in [1.165, 1.54) is 12.3 Å². The standard InChI is InChI=1S/C13H13FN2O2S/c1-9-3-2-6-16-12(9)8-19(17,18)13-5-4-10(14)7-11(13)15/h2-7H,8,15H2,1H3. The summed E-state index contributed by atoms with van der Waals surface area (Å²) in [6.45, 7) is 1.78. The van der Waals surface area contributed by atoms with E-state index >= 15 is 0 Å². The molecule has 0 bridgehead atoms. The van der Waals surface area contributed by atoms with E-state index in [0.717, 1.165) is 17.7 Å². The predicted molar refractivity (Wildman–Crippen MR) is 70.7 cm³/mol. The first-order valence-electron chi connectivity index (χ1n) is 5.58. The highest BCUT2D eigenvalue weighted by atomic mass is 32.2. The van der Waals surface area contributed by atoms with Crippen LogP contribution in [0.4, 0.5) is 10.1 Å². The Morgan fingerprint density at radius 2 is 2.05 bits per heavy atom. The molecular weight excluding hydrogens is 267 g/mol. The molecule has 0 unspecified atom stereocenters. The summed E-state index contributed by atoms with van der Waals surface area (Å²) in [7, 11) is -3.64. The fourth-order valence-corrected chi connectivity index (χ4v) is 3.24. The van der Waals surface area contributed by atoms with Gasteiger partial charge >= 0.3 is 0 Å². The second-order valence-corrected chi connectivity index (χ2v) is 6.17. The number of halogens is 1. The molecule has 1 aromatic carbocycles. The summed E-state index contributed by atoms with van der Waals surface area (Å²) >= 11 is 0. The molecule has 0 saturated carbocycles.